The smallest absolute Gasteiger partial charge is 0.338 e. The van der Waals surface area contributed by atoms with Gasteiger partial charge >= 0.3 is 5.97 Å². The fourth-order valence-corrected chi connectivity index (χ4v) is 3.20. The van der Waals surface area contributed by atoms with Gasteiger partial charge in [-0.2, -0.15) is 5.10 Å². The molecule has 1 aromatic heterocycles. The number of carbonyl (C=O) groups is 1. The standard InChI is InChI=1S/C21H20ClFN2O3/c1-3-12-28-21(26)17-7-5-4-6-16(17)19-18(22)20(25(24-19)13-27-2)14-8-10-15(23)11-9-14/h4-11H,3,12-13H2,1-2H3. The number of hydrogen-bond acceptors (Lipinski definition) is 4. The Labute approximate surface area is 167 Å². The van der Waals surface area contributed by atoms with E-state index in [1.165, 1.54) is 12.1 Å². The van der Waals surface area contributed by atoms with Gasteiger partial charge in [0.1, 0.15) is 18.2 Å². The molecule has 0 fully saturated rings. The van der Waals surface area contributed by atoms with Crippen molar-refractivity contribution < 1.29 is 18.7 Å². The summed E-state index contributed by atoms with van der Waals surface area (Å²) in [5.74, 6) is -0.778. The van der Waals surface area contributed by atoms with Crippen LogP contribution in [0.3, 0.4) is 0 Å². The van der Waals surface area contributed by atoms with Crippen LogP contribution in [0, 0.1) is 5.82 Å². The quantitative estimate of drug-likeness (QED) is 0.511. The van der Waals surface area contributed by atoms with Crippen LogP contribution in [0.5, 0.6) is 0 Å². The monoisotopic (exact) mass is 402 g/mol. The molecule has 0 aliphatic rings. The molecule has 0 unspecified atom stereocenters. The Morgan fingerprint density at radius 1 is 1.18 bits per heavy atom. The summed E-state index contributed by atoms with van der Waals surface area (Å²) in [6, 6.07) is 12.9. The maximum Gasteiger partial charge on any atom is 0.338 e. The molecule has 0 N–H and O–H groups in total. The summed E-state index contributed by atoms with van der Waals surface area (Å²) >= 11 is 6.67. The number of aromatic nitrogens is 2. The maximum absolute atomic E-state index is 13.3. The third kappa shape index (κ3) is 4.08. The van der Waals surface area contributed by atoms with Gasteiger partial charge in [-0.05, 0) is 36.8 Å². The molecule has 7 heteroatoms. The van der Waals surface area contributed by atoms with Crippen molar-refractivity contribution in [1.29, 1.82) is 0 Å². The molecule has 0 aliphatic heterocycles. The number of esters is 1. The zero-order valence-corrected chi connectivity index (χ0v) is 16.4. The zero-order chi connectivity index (χ0) is 20.1. The van der Waals surface area contributed by atoms with Crippen LogP contribution in [0.4, 0.5) is 4.39 Å². The number of methoxy groups -OCH3 is 1. The lowest BCUT2D eigenvalue weighted by Gasteiger charge is -2.08. The minimum absolute atomic E-state index is 0.148. The Bertz CT molecular complexity index is 970. The highest BCUT2D eigenvalue weighted by atomic mass is 35.5. The molecule has 0 saturated carbocycles. The molecule has 0 spiro atoms. The number of rotatable bonds is 7. The number of carbonyl (C=O) groups excluding carboxylic acids is 1. The number of ether oxygens (including phenoxy) is 2. The van der Waals surface area contributed by atoms with Gasteiger partial charge in [-0.1, -0.05) is 36.7 Å². The summed E-state index contributed by atoms with van der Waals surface area (Å²) in [7, 11) is 1.54. The lowest BCUT2D eigenvalue weighted by atomic mass is 10.0. The van der Waals surface area contributed by atoms with Crippen molar-refractivity contribution in [2.75, 3.05) is 13.7 Å². The minimum atomic E-state index is -0.432. The van der Waals surface area contributed by atoms with Gasteiger partial charge in [0.05, 0.1) is 22.9 Å². The van der Waals surface area contributed by atoms with Crippen molar-refractivity contribution in [1.82, 2.24) is 9.78 Å². The normalized spacial score (nSPS) is 10.9. The molecule has 2 aromatic carbocycles. The number of benzene rings is 2. The van der Waals surface area contributed by atoms with Crippen molar-refractivity contribution in [2.45, 2.75) is 20.1 Å². The Morgan fingerprint density at radius 2 is 1.89 bits per heavy atom. The lowest BCUT2D eigenvalue weighted by Crippen LogP contribution is -2.08. The summed E-state index contributed by atoms with van der Waals surface area (Å²) in [5, 5.41) is 4.90. The molecule has 0 radical (unpaired) electrons. The zero-order valence-electron chi connectivity index (χ0n) is 15.6. The van der Waals surface area contributed by atoms with Crippen LogP contribution >= 0.6 is 11.6 Å². The topological polar surface area (TPSA) is 53.3 Å². The predicted molar refractivity (Wildman–Crippen MR) is 106 cm³/mol. The molecule has 0 bridgehead atoms. The van der Waals surface area contributed by atoms with Gasteiger partial charge in [0, 0.05) is 18.2 Å². The van der Waals surface area contributed by atoms with Crippen LogP contribution in [0.2, 0.25) is 5.02 Å². The first-order chi connectivity index (χ1) is 13.6. The molecule has 28 heavy (non-hydrogen) atoms. The molecular formula is C21H20ClFN2O3. The molecule has 5 nitrogen and oxygen atoms in total. The Hall–Kier alpha value is -2.70. The first-order valence-corrected chi connectivity index (χ1v) is 9.22. The Balaban J connectivity index is 2.13. The fraction of sp³-hybridized carbons (Fsp3) is 0.238. The summed E-state index contributed by atoms with van der Waals surface area (Å²) < 4.78 is 25.4. The molecule has 0 atom stereocenters. The summed E-state index contributed by atoms with van der Waals surface area (Å²) in [4.78, 5) is 12.5. The molecule has 146 valence electrons. The number of nitrogens with zero attached hydrogens (tertiary/aromatic N) is 2. The van der Waals surface area contributed by atoms with Crippen LogP contribution in [-0.4, -0.2) is 29.5 Å². The first kappa shape index (κ1) is 20.0. The number of hydrogen-bond donors (Lipinski definition) is 0. The third-order valence-corrected chi connectivity index (χ3v) is 4.46. The average Bonchev–Trinajstić information content (AvgIpc) is 3.03. The molecule has 0 aliphatic carbocycles. The average molecular weight is 403 g/mol. The Kier molecular flexibility index (Phi) is 6.44. The third-order valence-electron chi connectivity index (χ3n) is 4.10. The van der Waals surface area contributed by atoms with Gasteiger partial charge in [-0.3, -0.25) is 0 Å². The van der Waals surface area contributed by atoms with E-state index in [-0.39, 0.29) is 12.5 Å². The van der Waals surface area contributed by atoms with E-state index in [0.717, 1.165) is 6.42 Å². The van der Waals surface area contributed by atoms with Crippen LogP contribution < -0.4 is 0 Å². The molecule has 3 aromatic rings. The van der Waals surface area contributed by atoms with Gasteiger partial charge in [0.25, 0.3) is 0 Å². The molecule has 0 saturated heterocycles. The van der Waals surface area contributed by atoms with Crippen molar-refractivity contribution in [3.63, 3.8) is 0 Å². The second kappa shape index (κ2) is 8.99. The van der Waals surface area contributed by atoms with Gasteiger partial charge in [0.15, 0.2) is 0 Å². The SMILES string of the molecule is CCCOC(=O)c1ccccc1-c1nn(COC)c(-c2ccc(F)cc2)c1Cl. The van der Waals surface area contributed by atoms with Crippen molar-refractivity contribution >= 4 is 17.6 Å². The summed E-state index contributed by atoms with van der Waals surface area (Å²) in [5.41, 5.74) is 2.64. The van der Waals surface area contributed by atoms with Gasteiger partial charge in [-0.15, -0.1) is 0 Å². The number of halogens is 2. The molecule has 0 amide bonds. The summed E-state index contributed by atoms with van der Waals surface area (Å²) in [6.07, 6.45) is 0.728. The van der Waals surface area contributed by atoms with Crippen molar-refractivity contribution in [3.8, 4) is 22.5 Å². The fourth-order valence-electron chi connectivity index (χ4n) is 2.85. The van der Waals surface area contributed by atoms with E-state index in [1.807, 2.05) is 6.92 Å². The molecular weight excluding hydrogens is 383 g/mol. The van der Waals surface area contributed by atoms with Crippen molar-refractivity contribution in [3.05, 3.63) is 64.9 Å². The second-order valence-electron chi connectivity index (χ2n) is 6.12. The largest absolute Gasteiger partial charge is 0.462 e. The maximum atomic E-state index is 13.3. The highest BCUT2D eigenvalue weighted by Gasteiger charge is 2.23. The van der Waals surface area contributed by atoms with Crippen LogP contribution in [0.25, 0.3) is 22.5 Å². The van der Waals surface area contributed by atoms with E-state index in [4.69, 9.17) is 21.1 Å². The van der Waals surface area contributed by atoms with Crippen molar-refractivity contribution in [2.24, 2.45) is 0 Å². The molecule has 3 rings (SSSR count). The highest BCUT2D eigenvalue weighted by Crippen LogP contribution is 2.38. The van der Waals surface area contributed by atoms with Crippen LogP contribution in [-0.2, 0) is 16.2 Å². The first-order valence-electron chi connectivity index (χ1n) is 8.84. The predicted octanol–water partition coefficient (Wildman–Crippen LogP) is 5.18. The second-order valence-corrected chi connectivity index (χ2v) is 6.49. The minimum Gasteiger partial charge on any atom is -0.462 e. The molecule has 1 heterocycles. The van der Waals surface area contributed by atoms with E-state index in [9.17, 15) is 9.18 Å². The van der Waals surface area contributed by atoms with E-state index in [0.29, 0.717) is 39.7 Å². The van der Waals surface area contributed by atoms with E-state index >= 15 is 0 Å². The van der Waals surface area contributed by atoms with E-state index in [2.05, 4.69) is 5.10 Å². The van der Waals surface area contributed by atoms with Gasteiger partial charge in [-0.25, -0.2) is 13.9 Å². The summed E-state index contributed by atoms with van der Waals surface area (Å²) in [6.45, 7) is 2.41. The van der Waals surface area contributed by atoms with Crippen LogP contribution in [0.15, 0.2) is 48.5 Å². The highest BCUT2D eigenvalue weighted by molar-refractivity contribution is 6.35. The van der Waals surface area contributed by atoms with E-state index in [1.54, 1.807) is 48.2 Å². The van der Waals surface area contributed by atoms with Gasteiger partial charge in [0.2, 0.25) is 0 Å². The Morgan fingerprint density at radius 3 is 2.57 bits per heavy atom. The lowest BCUT2D eigenvalue weighted by molar-refractivity contribution is 0.0506. The van der Waals surface area contributed by atoms with Crippen LogP contribution in [0.1, 0.15) is 23.7 Å². The van der Waals surface area contributed by atoms with E-state index < -0.39 is 5.97 Å². The van der Waals surface area contributed by atoms with Gasteiger partial charge < -0.3 is 9.47 Å².